The maximum Gasteiger partial charge on any atom is 0.243 e. The normalized spacial score (nSPS) is 22.0. The van der Waals surface area contributed by atoms with Gasteiger partial charge in [0.05, 0.1) is 23.4 Å². The molecule has 0 saturated heterocycles. The molecule has 1 saturated carbocycles. The third kappa shape index (κ3) is 3.02. The third-order valence-electron chi connectivity index (χ3n) is 5.76. The molecule has 9 nitrogen and oxygen atoms in total. The van der Waals surface area contributed by atoms with Crippen LogP contribution < -0.4 is 11.1 Å². The van der Waals surface area contributed by atoms with Crippen molar-refractivity contribution in [2.75, 3.05) is 11.1 Å². The summed E-state index contributed by atoms with van der Waals surface area (Å²) in [5, 5.41) is 21.4. The highest BCUT2D eigenvalue weighted by molar-refractivity contribution is 5.86. The Morgan fingerprint density at radius 3 is 2.76 bits per heavy atom. The second-order valence-corrected chi connectivity index (χ2v) is 7.88. The average Bonchev–Trinajstić information content (AvgIpc) is 3.36. The van der Waals surface area contributed by atoms with Crippen molar-refractivity contribution < 1.29 is 0 Å². The minimum Gasteiger partial charge on any atom is -0.382 e. The lowest BCUT2D eigenvalue weighted by Gasteiger charge is -2.32. The molecule has 4 aromatic rings. The summed E-state index contributed by atoms with van der Waals surface area (Å²) >= 11 is 0. The van der Waals surface area contributed by atoms with E-state index in [0.29, 0.717) is 11.8 Å². The average molecular weight is 387 g/mol. The summed E-state index contributed by atoms with van der Waals surface area (Å²) in [6.07, 6.45) is 9.01. The van der Waals surface area contributed by atoms with E-state index in [1.807, 2.05) is 37.5 Å². The molecule has 146 valence electrons. The number of anilines is 2. The maximum atomic E-state index is 9.30. The number of nitrogens with two attached hydrogens (primary N) is 1. The molecule has 5 rings (SSSR count). The zero-order valence-electron chi connectivity index (χ0n) is 16.1. The number of nitrogens with zero attached hydrogens (tertiary/aromatic N) is 7. The van der Waals surface area contributed by atoms with E-state index >= 15 is 0 Å². The number of nitrogens with one attached hydrogen (secondary N) is 1. The van der Waals surface area contributed by atoms with Crippen molar-refractivity contribution in [3.8, 4) is 17.3 Å². The molecule has 1 fully saturated rings. The summed E-state index contributed by atoms with van der Waals surface area (Å²) < 4.78 is 3.45. The van der Waals surface area contributed by atoms with E-state index in [-0.39, 0.29) is 11.5 Å². The van der Waals surface area contributed by atoms with Gasteiger partial charge in [-0.2, -0.15) is 15.3 Å². The van der Waals surface area contributed by atoms with Gasteiger partial charge in [-0.1, -0.05) is 0 Å². The minimum atomic E-state index is -0.221. The Morgan fingerprint density at radius 2 is 1.97 bits per heavy atom. The number of rotatable bonds is 3. The standard InChI is InChI=1S/C20H21N9/c1-20(12-21)7-2-13(3-8-20)24-19-26-18(22)17-14(5-10-29(17)27-19)15-6-11-28-16(25-15)4-9-23-28/h4-6,9-11,13H,2-3,7-8H2,1H3,(H3,22,24,26,27). The predicted octanol–water partition coefficient (Wildman–Crippen LogP) is 2.91. The van der Waals surface area contributed by atoms with Gasteiger partial charge in [0.25, 0.3) is 0 Å². The number of aromatic nitrogens is 6. The SMILES string of the molecule is CC1(C#N)CCC(Nc2nc(N)c3c(-c4ccn5nccc5n4)ccn3n2)CC1. The van der Waals surface area contributed by atoms with Gasteiger partial charge in [0, 0.05) is 30.1 Å². The first-order valence-electron chi connectivity index (χ1n) is 9.68. The quantitative estimate of drug-likeness (QED) is 0.554. The van der Waals surface area contributed by atoms with Crippen LogP contribution in [0.4, 0.5) is 11.8 Å². The van der Waals surface area contributed by atoms with Crippen LogP contribution in [0.25, 0.3) is 22.4 Å². The van der Waals surface area contributed by atoms with Crippen LogP contribution in [-0.2, 0) is 0 Å². The molecule has 0 aromatic carbocycles. The Kier molecular flexibility index (Phi) is 3.87. The van der Waals surface area contributed by atoms with E-state index in [2.05, 4.69) is 31.6 Å². The molecule has 9 heteroatoms. The zero-order valence-corrected chi connectivity index (χ0v) is 16.1. The molecule has 0 bridgehead atoms. The third-order valence-corrected chi connectivity index (χ3v) is 5.76. The van der Waals surface area contributed by atoms with Gasteiger partial charge < -0.3 is 11.1 Å². The number of hydrogen-bond acceptors (Lipinski definition) is 7. The summed E-state index contributed by atoms with van der Waals surface area (Å²) in [6.45, 7) is 2.03. The van der Waals surface area contributed by atoms with Gasteiger partial charge in [-0.05, 0) is 44.7 Å². The van der Waals surface area contributed by atoms with E-state index in [4.69, 9.17) is 5.73 Å². The van der Waals surface area contributed by atoms with E-state index < -0.39 is 0 Å². The van der Waals surface area contributed by atoms with Crippen LogP contribution in [0.15, 0.2) is 36.8 Å². The van der Waals surface area contributed by atoms with Gasteiger partial charge in [-0.15, -0.1) is 5.10 Å². The number of nitriles is 1. The fraction of sp³-hybridized carbons (Fsp3) is 0.350. The molecular formula is C20H21N9. The van der Waals surface area contributed by atoms with Crippen molar-refractivity contribution in [1.29, 1.82) is 5.26 Å². The lowest BCUT2D eigenvalue weighted by atomic mass is 9.75. The molecular weight excluding hydrogens is 366 g/mol. The lowest BCUT2D eigenvalue weighted by molar-refractivity contribution is 0.279. The predicted molar refractivity (Wildman–Crippen MR) is 109 cm³/mol. The first kappa shape index (κ1) is 17.4. The Morgan fingerprint density at radius 1 is 1.17 bits per heavy atom. The number of nitrogen functional groups attached to an aromatic ring is 1. The Bertz CT molecular complexity index is 1240. The van der Waals surface area contributed by atoms with Crippen molar-refractivity contribution in [2.24, 2.45) is 5.41 Å². The Hall–Kier alpha value is -3.67. The van der Waals surface area contributed by atoms with E-state index in [9.17, 15) is 5.26 Å². The van der Waals surface area contributed by atoms with Crippen LogP contribution >= 0.6 is 0 Å². The molecule has 0 spiro atoms. The molecule has 0 aliphatic heterocycles. The van der Waals surface area contributed by atoms with Gasteiger partial charge >= 0.3 is 0 Å². The fourth-order valence-corrected chi connectivity index (χ4v) is 3.98. The fourth-order valence-electron chi connectivity index (χ4n) is 3.98. The summed E-state index contributed by atoms with van der Waals surface area (Å²) in [5.41, 5.74) is 9.24. The van der Waals surface area contributed by atoms with Crippen LogP contribution in [0, 0.1) is 16.7 Å². The molecule has 1 aliphatic carbocycles. The maximum absolute atomic E-state index is 9.30. The second-order valence-electron chi connectivity index (χ2n) is 7.88. The van der Waals surface area contributed by atoms with Crippen molar-refractivity contribution >= 4 is 22.9 Å². The molecule has 4 aromatic heterocycles. The number of hydrogen-bond donors (Lipinski definition) is 2. The Labute approximate surface area is 167 Å². The van der Waals surface area contributed by atoms with E-state index in [1.54, 1.807) is 15.2 Å². The van der Waals surface area contributed by atoms with Gasteiger partial charge in [-0.3, -0.25) is 0 Å². The largest absolute Gasteiger partial charge is 0.382 e. The summed E-state index contributed by atoms with van der Waals surface area (Å²) in [4.78, 5) is 9.13. The summed E-state index contributed by atoms with van der Waals surface area (Å²) in [5.74, 6) is 0.900. The van der Waals surface area contributed by atoms with Crippen molar-refractivity contribution in [3.05, 3.63) is 36.8 Å². The van der Waals surface area contributed by atoms with Crippen LogP contribution in [-0.4, -0.2) is 35.2 Å². The minimum absolute atomic E-state index is 0.221. The van der Waals surface area contributed by atoms with Crippen LogP contribution in [0.5, 0.6) is 0 Å². The van der Waals surface area contributed by atoms with Crippen LogP contribution in [0.2, 0.25) is 0 Å². The first-order chi connectivity index (χ1) is 14.0. The molecule has 29 heavy (non-hydrogen) atoms. The van der Waals surface area contributed by atoms with Gasteiger partial charge in [0.1, 0.15) is 5.52 Å². The highest BCUT2D eigenvalue weighted by Crippen LogP contribution is 2.36. The second kappa shape index (κ2) is 6.44. The van der Waals surface area contributed by atoms with E-state index in [0.717, 1.165) is 48.1 Å². The molecule has 0 radical (unpaired) electrons. The molecule has 1 aliphatic rings. The zero-order chi connectivity index (χ0) is 20.0. The Balaban J connectivity index is 1.43. The smallest absolute Gasteiger partial charge is 0.243 e. The highest BCUT2D eigenvalue weighted by atomic mass is 15.3. The molecule has 3 N–H and O–H groups in total. The van der Waals surface area contributed by atoms with Crippen molar-refractivity contribution in [2.45, 2.75) is 38.6 Å². The molecule has 0 atom stereocenters. The van der Waals surface area contributed by atoms with Crippen LogP contribution in [0.1, 0.15) is 32.6 Å². The molecule has 4 heterocycles. The van der Waals surface area contributed by atoms with Crippen molar-refractivity contribution in [1.82, 2.24) is 29.2 Å². The van der Waals surface area contributed by atoms with Gasteiger partial charge in [-0.25, -0.2) is 14.0 Å². The molecule has 0 amide bonds. The first-order valence-corrected chi connectivity index (χ1v) is 9.68. The van der Waals surface area contributed by atoms with Gasteiger partial charge in [0.15, 0.2) is 11.5 Å². The lowest BCUT2D eigenvalue weighted by Crippen LogP contribution is -2.31. The summed E-state index contributed by atoms with van der Waals surface area (Å²) in [7, 11) is 0. The van der Waals surface area contributed by atoms with Gasteiger partial charge in [0.2, 0.25) is 5.95 Å². The van der Waals surface area contributed by atoms with Crippen LogP contribution in [0.3, 0.4) is 0 Å². The monoisotopic (exact) mass is 387 g/mol. The topological polar surface area (TPSA) is 122 Å². The summed E-state index contributed by atoms with van der Waals surface area (Å²) in [6, 6.07) is 8.37. The van der Waals surface area contributed by atoms with E-state index in [1.165, 1.54) is 0 Å². The number of fused-ring (bicyclic) bond motifs is 2. The van der Waals surface area contributed by atoms with Crippen molar-refractivity contribution in [3.63, 3.8) is 0 Å². The highest BCUT2D eigenvalue weighted by Gasteiger charge is 2.31. The molecule has 0 unspecified atom stereocenters.